The number of nitrogens with two attached hydrogens (primary N) is 1. The van der Waals surface area contributed by atoms with Crippen LogP contribution in [0.25, 0.3) is 0 Å². The van der Waals surface area contributed by atoms with E-state index in [0.29, 0.717) is 5.56 Å². The molecule has 0 saturated heterocycles. The predicted octanol–water partition coefficient (Wildman–Crippen LogP) is 1.15. The molecular weight excluding hydrogens is 252 g/mol. The molecule has 0 radical (unpaired) electrons. The van der Waals surface area contributed by atoms with Crippen molar-refractivity contribution in [3.8, 4) is 11.8 Å². The summed E-state index contributed by atoms with van der Waals surface area (Å²) in [6.45, 7) is 5.84. The quantitative estimate of drug-likeness (QED) is 0.813. The minimum Gasteiger partial charge on any atom is -0.389 e. The van der Waals surface area contributed by atoms with Crippen LogP contribution in [-0.4, -0.2) is 41.7 Å². The summed E-state index contributed by atoms with van der Waals surface area (Å²) in [5.41, 5.74) is 6.82. The van der Waals surface area contributed by atoms with E-state index in [1.807, 2.05) is 13.0 Å². The minimum absolute atomic E-state index is 0.136. The number of aliphatic hydroxyl groups is 1. The zero-order valence-corrected chi connectivity index (χ0v) is 12.5. The molecule has 0 aliphatic rings. The molecule has 0 bridgehead atoms. The Morgan fingerprint density at radius 3 is 2.65 bits per heavy atom. The molecule has 0 unspecified atom stereocenters. The topological polar surface area (TPSA) is 66.6 Å². The summed E-state index contributed by atoms with van der Waals surface area (Å²) < 4.78 is 0. The third kappa shape index (κ3) is 4.69. The van der Waals surface area contributed by atoms with Gasteiger partial charge in [0.25, 0.3) is 5.91 Å². The molecule has 0 spiro atoms. The number of amides is 1. The molecule has 0 aliphatic carbocycles. The summed E-state index contributed by atoms with van der Waals surface area (Å²) >= 11 is 0. The van der Waals surface area contributed by atoms with Crippen LogP contribution < -0.4 is 5.73 Å². The van der Waals surface area contributed by atoms with E-state index in [4.69, 9.17) is 5.73 Å². The number of rotatable bonds is 3. The average Bonchev–Trinajstić information content (AvgIpc) is 2.35. The minimum atomic E-state index is -0.919. The number of hydrogen-bond donors (Lipinski definition) is 2. The van der Waals surface area contributed by atoms with Gasteiger partial charge in [0.05, 0.1) is 12.1 Å². The number of aryl methyl sites for hydroxylation is 1. The Bertz CT molecular complexity index is 548. The van der Waals surface area contributed by atoms with E-state index in [1.165, 1.54) is 4.90 Å². The first-order valence-electron chi connectivity index (χ1n) is 6.52. The van der Waals surface area contributed by atoms with Gasteiger partial charge in [-0.25, -0.2) is 0 Å². The monoisotopic (exact) mass is 274 g/mol. The normalized spacial score (nSPS) is 10.7. The van der Waals surface area contributed by atoms with Crippen LogP contribution >= 0.6 is 0 Å². The van der Waals surface area contributed by atoms with E-state index < -0.39 is 5.60 Å². The lowest BCUT2D eigenvalue weighted by Crippen LogP contribution is -2.39. The maximum atomic E-state index is 12.3. The highest BCUT2D eigenvalue weighted by molar-refractivity contribution is 5.94. The Balaban J connectivity index is 2.99. The van der Waals surface area contributed by atoms with Crippen LogP contribution in [0.2, 0.25) is 0 Å². The lowest BCUT2D eigenvalue weighted by atomic mass is 10.0. The van der Waals surface area contributed by atoms with Crippen molar-refractivity contribution in [2.24, 2.45) is 5.73 Å². The van der Waals surface area contributed by atoms with Crippen LogP contribution in [0.4, 0.5) is 0 Å². The smallest absolute Gasteiger partial charge is 0.253 e. The zero-order valence-electron chi connectivity index (χ0n) is 12.5. The fourth-order valence-corrected chi connectivity index (χ4v) is 1.91. The van der Waals surface area contributed by atoms with Crippen LogP contribution in [0.1, 0.15) is 35.3 Å². The average molecular weight is 274 g/mol. The highest BCUT2D eigenvalue weighted by atomic mass is 16.3. The molecule has 0 saturated carbocycles. The van der Waals surface area contributed by atoms with Gasteiger partial charge in [0.15, 0.2) is 0 Å². The van der Waals surface area contributed by atoms with Gasteiger partial charge < -0.3 is 15.7 Å². The lowest BCUT2D eigenvalue weighted by molar-refractivity contribution is 0.0368. The van der Waals surface area contributed by atoms with Crippen LogP contribution in [0, 0.1) is 18.8 Å². The van der Waals surface area contributed by atoms with Crippen LogP contribution in [0.3, 0.4) is 0 Å². The van der Waals surface area contributed by atoms with Crippen molar-refractivity contribution in [1.29, 1.82) is 0 Å². The summed E-state index contributed by atoms with van der Waals surface area (Å²) in [6, 6.07) is 5.40. The van der Waals surface area contributed by atoms with E-state index in [0.717, 1.165) is 11.1 Å². The van der Waals surface area contributed by atoms with Crippen molar-refractivity contribution in [2.75, 3.05) is 20.1 Å². The SMILES string of the molecule is Cc1ccc(C(=O)N(C)CC(C)(C)O)cc1C#CCN. The van der Waals surface area contributed by atoms with Gasteiger partial charge in [0, 0.05) is 24.7 Å². The van der Waals surface area contributed by atoms with Crippen molar-refractivity contribution in [2.45, 2.75) is 26.4 Å². The molecule has 20 heavy (non-hydrogen) atoms. The first-order chi connectivity index (χ1) is 9.24. The van der Waals surface area contributed by atoms with E-state index in [-0.39, 0.29) is 19.0 Å². The summed E-state index contributed by atoms with van der Waals surface area (Å²) in [7, 11) is 1.67. The first kappa shape index (κ1) is 16.2. The number of nitrogens with zero attached hydrogens (tertiary/aromatic N) is 1. The van der Waals surface area contributed by atoms with Gasteiger partial charge in [0.1, 0.15) is 0 Å². The molecule has 0 atom stereocenters. The second-order valence-electron chi connectivity index (χ2n) is 5.51. The molecule has 108 valence electrons. The van der Waals surface area contributed by atoms with Crippen LogP contribution in [0.15, 0.2) is 18.2 Å². The number of benzene rings is 1. The molecule has 0 aliphatic heterocycles. The Morgan fingerprint density at radius 2 is 2.10 bits per heavy atom. The first-order valence-corrected chi connectivity index (χ1v) is 6.52. The molecule has 4 heteroatoms. The molecule has 0 heterocycles. The second kappa shape index (κ2) is 6.56. The largest absolute Gasteiger partial charge is 0.389 e. The predicted molar refractivity (Wildman–Crippen MR) is 80.4 cm³/mol. The van der Waals surface area contributed by atoms with E-state index in [2.05, 4.69) is 11.8 Å². The van der Waals surface area contributed by atoms with Gasteiger partial charge in [-0.05, 0) is 38.5 Å². The lowest BCUT2D eigenvalue weighted by Gasteiger charge is -2.25. The van der Waals surface area contributed by atoms with Gasteiger partial charge >= 0.3 is 0 Å². The van der Waals surface area contributed by atoms with Gasteiger partial charge in [-0.1, -0.05) is 17.9 Å². The molecule has 1 amide bonds. The van der Waals surface area contributed by atoms with E-state index in [9.17, 15) is 9.90 Å². The Morgan fingerprint density at radius 1 is 1.45 bits per heavy atom. The third-order valence-corrected chi connectivity index (χ3v) is 2.78. The van der Waals surface area contributed by atoms with Crippen molar-refractivity contribution >= 4 is 5.91 Å². The molecule has 1 aromatic rings. The molecule has 1 rings (SSSR count). The summed E-state index contributed by atoms with van der Waals surface area (Å²) in [6.07, 6.45) is 0. The third-order valence-electron chi connectivity index (χ3n) is 2.78. The summed E-state index contributed by atoms with van der Waals surface area (Å²) in [5, 5.41) is 9.77. The Kier molecular flexibility index (Phi) is 5.32. The molecule has 1 aromatic carbocycles. The maximum Gasteiger partial charge on any atom is 0.253 e. The van der Waals surface area contributed by atoms with Gasteiger partial charge in [-0.15, -0.1) is 0 Å². The van der Waals surface area contributed by atoms with E-state index in [1.54, 1.807) is 33.0 Å². The van der Waals surface area contributed by atoms with Gasteiger partial charge in [-0.3, -0.25) is 4.79 Å². The fraction of sp³-hybridized carbons (Fsp3) is 0.438. The Hall–Kier alpha value is -1.83. The molecule has 4 nitrogen and oxygen atoms in total. The summed E-state index contributed by atoms with van der Waals surface area (Å²) in [4.78, 5) is 13.8. The fourth-order valence-electron chi connectivity index (χ4n) is 1.91. The standard InChI is InChI=1S/C16H22N2O2/c1-12-7-8-14(10-13(12)6-5-9-17)15(19)18(4)11-16(2,3)20/h7-8,10,20H,9,11,17H2,1-4H3. The van der Waals surface area contributed by atoms with Gasteiger partial charge in [-0.2, -0.15) is 0 Å². The van der Waals surface area contributed by atoms with Crippen molar-refractivity contribution in [3.63, 3.8) is 0 Å². The van der Waals surface area contributed by atoms with Crippen molar-refractivity contribution in [3.05, 3.63) is 34.9 Å². The van der Waals surface area contributed by atoms with Crippen molar-refractivity contribution in [1.82, 2.24) is 4.90 Å². The number of carbonyl (C=O) groups excluding carboxylic acids is 1. The molecular formula is C16H22N2O2. The molecule has 0 aromatic heterocycles. The Labute approximate surface area is 120 Å². The highest BCUT2D eigenvalue weighted by Gasteiger charge is 2.20. The highest BCUT2D eigenvalue weighted by Crippen LogP contribution is 2.13. The molecule has 0 fully saturated rings. The maximum absolute atomic E-state index is 12.3. The van der Waals surface area contributed by atoms with E-state index >= 15 is 0 Å². The van der Waals surface area contributed by atoms with Crippen LogP contribution in [0.5, 0.6) is 0 Å². The van der Waals surface area contributed by atoms with Crippen molar-refractivity contribution < 1.29 is 9.90 Å². The zero-order chi connectivity index (χ0) is 15.3. The number of hydrogen-bond acceptors (Lipinski definition) is 3. The second-order valence-corrected chi connectivity index (χ2v) is 5.51. The van der Waals surface area contributed by atoms with Crippen LogP contribution in [-0.2, 0) is 0 Å². The number of likely N-dealkylation sites (N-methyl/N-ethyl adjacent to an activating group) is 1. The summed E-state index contributed by atoms with van der Waals surface area (Å²) in [5.74, 6) is 5.62. The van der Waals surface area contributed by atoms with Gasteiger partial charge in [0.2, 0.25) is 0 Å². The number of carbonyl (C=O) groups is 1. The molecule has 3 N–H and O–H groups in total.